The van der Waals surface area contributed by atoms with Crippen molar-refractivity contribution in [2.45, 2.75) is 76.2 Å². The smallest absolute Gasteiger partial charge is 0.247 e. The Labute approximate surface area is 292 Å². The van der Waals surface area contributed by atoms with Crippen LogP contribution in [-0.2, 0) is 9.63 Å². The summed E-state index contributed by atoms with van der Waals surface area (Å²) in [4.78, 5) is 30.6. The number of nitrogens with one attached hydrogen (secondary N) is 2. The Morgan fingerprint density at radius 1 is 1.04 bits per heavy atom. The highest BCUT2D eigenvalue weighted by Crippen LogP contribution is 2.41. The van der Waals surface area contributed by atoms with Gasteiger partial charge in [0.05, 0.1) is 31.1 Å². The molecule has 1 saturated carbocycles. The molecular formula is C36H49F2N9O3. The minimum Gasteiger partial charge on any atom is -0.494 e. The molecule has 6 rings (SSSR count). The fraction of sp³-hybridized carbons (Fsp3) is 0.500. The molecule has 0 spiro atoms. The number of halogens is 2. The first kappa shape index (κ1) is 35.6. The van der Waals surface area contributed by atoms with Crippen LogP contribution in [0.1, 0.15) is 57.6 Å². The standard InChI is InChI=1S/C36H49F2N9O3/c1-5-36(48)42-29-17-30(41-34(39)19-35(43-40)47-31(12-15-50-47)27-16-24(37)6-9-28(27)38)33(49-4)18-32(29)44-13-10-26(11-14-44)46-21-22(2)45(20-23(46)3)25-7-8-25/h5-6,9,16-19,22-23,25-26,31,43H,1,7-8,10-15,20-21,40H2,2-4H3,(H2,39,41)(H,42,48)/b35-19+/t22-,23+,31+/m0/s1. The van der Waals surface area contributed by atoms with Crippen LogP contribution in [0.4, 0.5) is 25.8 Å². The van der Waals surface area contributed by atoms with Crippen LogP contribution in [0.5, 0.6) is 5.75 Å². The molecule has 6 N–H and O–H groups in total. The summed E-state index contributed by atoms with van der Waals surface area (Å²) in [6, 6.07) is 8.56. The molecule has 3 heterocycles. The summed E-state index contributed by atoms with van der Waals surface area (Å²) in [7, 11) is 1.55. The molecule has 0 bridgehead atoms. The number of piperazine rings is 1. The zero-order valence-electron chi connectivity index (χ0n) is 29.1. The van der Waals surface area contributed by atoms with E-state index in [2.05, 4.69) is 50.9 Å². The van der Waals surface area contributed by atoms with Crippen LogP contribution in [0.2, 0.25) is 0 Å². The van der Waals surface area contributed by atoms with Crippen molar-refractivity contribution in [3.63, 3.8) is 0 Å². The van der Waals surface area contributed by atoms with Gasteiger partial charge in [-0.3, -0.25) is 19.4 Å². The summed E-state index contributed by atoms with van der Waals surface area (Å²) in [5.41, 5.74) is 10.8. The fourth-order valence-electron chi connectivity index (χ4n) is 7.64. The van der Waals surface area contributed by atoms with E-state index in [-0.39, 0.29) is 29.7 Å². The summed E-state index contributed by atoms with van der Waals surface area (Å²) >= 11 is 0. The lowest BCUT2D eigenvalue weighted by atomic mass is 9.97. The van der Waals surface area contributed by atoms with Gasteiger partial charge in [0.15, 0.2) is 0 Å². The molecule has 2 aromatic rings. The summed E-state index contributed by atoms with van der Waals surface area (Å²) in [6.45, 7) is 12.4. The lowest BCUT2D eigenvalue weighted by Crippen LogP contribution is -2.61. The zero-order chi connectivity index (χ0) is 35.5. The fourth-order valence-corrected chi connectivity index (χ4v) is 7.64. The Balaban J connectivity index is 1.22. The first-order valence-corrected chi connectivity index (χ1v) is 17.4. The quantitative estimate of drug-likeness (QED) is 0.0887. The number of nitrogens with two attached hydrogens (primary N) is 2. The molecule has 3 aliphatic heterocycles. The Hall–Kier alpha value is -4.24. The van der Waals surface area contributed by atoms with Crippen molar-refractivity contribution in [2.75, 3.05) is 50.1 Å². The molecule has 270 valence electrons. The molecule has 0 radical (unpaired) electrons. The van der Waals surface area contributed by atoms with Crippen molar-refractivity contribution in [1.82, 2.24) is 20.3 Å². The number of ether oxygens (including phenoxy) is 1. The van der Waals surface area contributed by atoms with Crippen molar-refractivity contribution in [3.05, 3.63) is 72.1 Å². The number of rotatable bonds is 11. The number of hydrazine groups is 1. The Morgan fingerprint density at radius 2 is 1.72 bits per heavy atom. The highest BCUT2D eigenvalue weighted by molar-refractivity contribution is 6.02. The number of nitrogens with zero attached hydrogens (tertiary/aromatic N) is 5. The van der Waals surface area contributed by atoms with Crippen molar-refractivity contribution in [1.29, 1.82) is 0 Å². The number of amidine groups is 1. The van der Waals surface area contributed by atoms with E-state index < -0.39 is 17.7 Å². The average molecular weight is 694 g/mol. The van der Waals surface area contributed by atoms with Gasteiger partial charge in [-0.15, -0.1) is 0 Å². The van der Waals surface area contributed by atoms with Crippen LogP contribution in [0.15, 0.2) is 59.9 Å². The molecule has 12 nitrogen and oxygen atoms in total. The van der Waals surface area contributed by atoms with E-state index in [9.17, 15) is 13.6 Å². The van der Waals surface area contributed by atoms with Crippen LogP contribution >= 0.6 is 0 Å². The first-order valence-electron chi connectivity index (χ1n) is 17.4. The highest BCUT2D eigenvalue weighted by atomic mass is 19.1. The Kier molecular flexibility index (Phi) is 10.9. The van der Waals surface area contributed by atoms with Crippen molar-refractivity contribution in [3.8, 4) is 5.75 Å². The number of hydrogen-bond acceptors (Lipinski definition) is 10. The summed E-state index contributed by atoms with van der Waals surface area (Å²) in [5.74, 6) is 5.01. The summed E-state index contributed by atoms with van der Waals surface area (Å²) in [6.07, 6.45) is 7.71. The molecule has 2 aromatic carbocycles. The predicted octanol–water partition coefficient (Wildman–Crippen LogP) is 4.30. The number of methoxy groups -OCH3 is 1. The second-order valence-electron chi connectivity index (χ2n) is 13.6. The monoisotopic (exact) mass is 693 g/mol. The minimum absolute atomic E-state index is 0.0184. The number of hydroxylamine groups is 2. The highest BCUT2D eigenvalue weighted by Gasteiger charge is 2.40. The maximum Gasteiger partial charge on any atom is 0.247 e. The molecule has 4 fully saturated rings. The van der Waals surface area contributed by atoms with E-state index in [4.69, 9.17) is 21.2 Å². The number of amides is 1. The number of piperidine rings is 1. The third-order valence-electron chi connectivity index (χ3n) is 10.3. The van der Waals surface area contributed by atoms with Gasteiger partial charge in [-0.2, -0.15) is 0 Å². The van der Waals surface area contributed by atoms with Gasteiger partial charge in [-0.05, 0) is 69.9 Å². The van der Waals surface area contributed by atoms with E-state index in [0.29, 0.717) is 41.7 Å². The Bertz CT molecular complexity index is 1630. The molecule has 0 unspecified atom stereocenters. The second kappa shape index (κ2) is 15.3. The van der Waals surface area contributed by atoms with E-state index in [1.807, 2.05) is 6.07 Å². The summed E-state index contributed by atoms with van der Waals surface area (Å²) in [5, 5.41) is 4.29. The molecule has 1 aliphatic carbocycles. The van der Waals surface area contributed by atoms with Gasteiger partial charge in [0.2, 0.25) is 5.91 Å². The topological polar surface area (TPSA) is 137 Å². The number of hydrogen-bond donors (Lipinski definition) is 4. The number of carbonyl (C=O) groups excluding carboxylic acids is 1. The number of benzene rings is 2. The number of carbonyl (C=O) groups is 1. The number of aliphatic imine (C=N–C) groups is 1. The lowest BCUT2D eigenvalue weighted by Gasteiger charge is -2.49. The zero-order valence-corrected chi connectivity index (χ0v) is 29.1. The normalized spacial score (nSPS) is 24.4. The van der Waals surface area contributed by atoms with Gasteiger partial charge in [0.1, 0.15) is 34.7 Å². The van der Waals surface area contributed by atoms with Crippen LogP contribution in [0.25, 0.3) is 0 Å². The van der Waals surface area contributed by atoms with Gasteiger partial charge in [0.25, 0.3) is 0 Å². The molecule has 14 heteroatoms. The van der Waals surface area contributed by atoms with Crippen LogP contribution in [0, 0.1) is 11.6 Å². The Morgan fingerprint density at radius 3 is 2.34 bits per heavy atom. The molecule has 0 aromatic heterocycles. The van der Waals surface area contributed by atoms with Gasteiger partial charge < -0.3 is 26.1 Å². The van der Waals surface area contributed by atoms with Gasteiger partial charge in [0, 0.05) is 74.5 Å². The molecular weight excluding hydrogens is 644 g/mol. The molecule has 3 saturated heterocycles. The third kappa shape index (κ3) is 7.73. The van der Waals surface area contributed by atoms with Crippen molar-refractivity contribution in [2.24, 2.45) is 16.6 Å². The van der Waals surface area contributed by atoms with Gasteiger partial charge in [-0.25, -0.2) is 24.7 Å². The molecule has 4 aliphatic rings. The van der Waals surface area contributed by atoms with Crippen LogP contribution < -0.4 is 32.0 Å². The maximum atomic E-state index is 14.7. The van der Waals surface area contributed by atoms with E-state index >= 15 is 0 Å². The molecule has 50 heavy (non-hydrogen) atoms. The predicted molar refractivity (Wildman–Crippen MR) is 191 cm³/mol. The van der Waals surface area contributed by atoms with Gasteiger partial charge >= 0.3 is 0 Å². The minimum atomic E-state index is -0.654. The van der Waals surface area contributed by atoms with E-state index in [1.165, 1.54) is 30.1 Å². The SMILES string of the molecule is C=CC(=O)Nc1cc(N=C(N)/C=C(\NN)N2OCC[C@@H]2c2cc(F)ccc2F)c(OC)cc1N1CCC(N2C[C@H](C)N(C3CC3)C[C@H]2C)CC1. The summed E-state index contributed by atoms with van der Waals surface area (Å²) < 4.78 is 34.4. The molecule has 3 atom stereocenters. The molecule has 1 amide bonds. The number of anilines is 2. The first-order chi connectivity index (χ1) is 24.1. The van der Waals surface area contributed by atoms with Crippen LogP contribution in [-0.4, -0.2) is 90.7 Å². The maximum absolute atomic E-state index is 14.7. The van der Waals surface area contributed by atoms with E-state index in [0.717, 1.165) is 68.9 Å². The third-order valence-corrected chi connectivity index (χ3v) is 10.3. The average Bonchev–Trinajstić information content (AvgIpc) is 3.85. The van der Waals surface area contributed by atoms with Gasteiger partial charge in [-0.1, -0.05) is 6.58 Å². The van der Waals surface area contributed by atoms with Crippen molar-refractivity contribution < 1.29 is 23.1 Å². The van der Waals surface area contributed by atoms with E-state index in [1.54, 1.807) is 13.2 Å². The van der Waals surface area contributed by atoms with Crippen molar-refractivity contribution >= 4 is 28.8 Å². The lowest BCUT2D eigenvalue weighted by molar-refractivity contribution is -0.111. The largest absolute Gasteiger partial charge is 0.494 e. The van der Waals surface area contributed by atoms with Crippen LogP contribution in [0.3, 0.4) is 0 Å². The second-order valence-corrected chi connectivity index (χ2v) is 13.6.